The molecule has 0 spiro atoms. The molecule has 4 nitrogen and oxygen atoms in total. The van der Waals surface area contributed by atoms with Crippen LogP contribution in [0.1, 0.15) is 12.5 Å². The highest BCUT2D eigenvalue weighted by Crippen LogP contribution is 2.22. The van der Waals surface area contributed by atoms with Crippen molar-refractivity contribution in [2.24, 2.45) is 0 Å². The smallest absolute Gasteiger partial charge is 0.356 e. The zero-order valence-electron chi connectivity index (χ0n) is 8.08. The Balaban J connectivity index is 3.00. The first kappa shape index (κ1) is 11.7. The SMILES string of the molecule is CCOC(=O)C(=N)c1cc(Br)ccc1O. The van der Waals surface area contributed by atoms with Crippen LogP contribution in [0.3, 0.4) is 0 Å². The summed E-state index contributed by atoms with van der Waals surface area (Å²) in [5.74, 6) is -0.859. The van der Waals surface area contributed by atoms with Gasteiger partial charge in [-0.3, -0.25) is 5.41 Å². The maximum atomic E-state index is 11.2. The summed E-state index contributed by atoms with van der Waals surface area (Å²) in [5.41, 5.74) is -0.196. The first-order chi connectivity index (χ1) is 7.06. The predicted octanol–water partition coefficient (Wildman–Crippen LogP) is 2.09. The van der Waals surface area contributed by atoms with Gasteiger partial charge in [-0.25, -0.2) is 4.79 Å². The van der Waals surface area contributed by atoms with E-state index in [9.17, 15) is 9.90 Å². The van der Waals surface area contributed by atoms with Crippen molar-refractivity contribution in [1.29, 1.82) is 5.41 Å². The molecule has 5 heteroatoms. The lowest BCUT2D eigenvalue weighted by molar-refractivity contribution is -0.135. The van der Waals surface area contributed by atoms with Crippen LogP contribution < -0.4 is 0 Å². The number of aromatic hydroxyl groups is 1. The highest BCUT2D eigenvalue weighted by atomic mass is 79.9. The van der Waals surface area contributed by atoms with E-state index in [1.165, 1.54) is 12.1 Å². The molecule has 0 radical (unpaired) electrons. The lowest BCUT2D eigenvalue weighted by Gasteiger charge is -2.06. The lowest BCUT2D eigenvalue weighted by Crippen LogP contribution is -2.17. The molecule has 1 aromatic rings. The van der Waals surface area contributed by atoms with Crippen molar-refractivity contribution < 1.29 is 14.6 Å². The Labute approximate surface area is 95.5 Å². The average Bonchev–Trinajstić information content (AvgIpc) is 2.21. The summed E-state index contributed by atoms with van der Waals surface area (Å²) in [6.07, 6.45) is 0. The number of halogens is 1. The van der Waals surface area contributed by atoms with Gasteiger partial charge < -0.3 is 9.84 Å². The third kappa shape index (κ3) is 2.79. The van der Waals surface area contributed by atoms with Gasteiger partial charge in [0, 0.05) is 10.0 Å². The minimum absolute atomic E-state index is 0.115. The van der Waals surface area contributed by atoms with Gasteiger partial charge in [0.25, 0.3) is 0 Å². The Morgan fingerprint density at radius 2 is 2.27 bits per heavy atom. The van der Waals surface area contributed by atoms with Crippen molar-refractivity contribution in [2.45, 2.75) is 6.92 Å². The van der Waals surface area contributed by atoms with Gasteiger partial charge in [0.15, 0.2) is 5.71 Å². The normalized spacial score (nSPS) is 9.73. The summed E-state index contributed by atoms with van der Waals surface area (Å²) >= 11 is 3.19. The quantitative estimate of drug-likeness (QED) is 0.653. The van der Waals surface area contributed by atoms with E-state index in [2.05, 4.69) is 20.7 Å². The second kappa shape index (κ2) is 4.93. The van der Waals surface area contributed by atoms with E-state index in [-0.39, 0.29) is 23.6 Å². The number of carbonyl (C=O) groups excluding carboxylic acids is 1. The Hall–Kier alpha value is -1.36. The number of phenolic OH excluding ortho intramolecular Hbond substituents is 1. The Kier molecular flexibility index (Phi) is 3.85. The van der Waals surface area contributed by atoms with Gasteiger partial charge in [-0.05, 0) is 25.1 Å². The molecular weight excluding hydrogens is 262 g/mol. The zero-order chi connectivity index (χ0) is 11.4. The summed E-state index contributed by atoms with van der Waals surface area (Å²) in [4.78, 5) is 11.2. The molecule has 80 valence electrons. The molecule has 0 unspecified atom stereocenters. The highest BCUT2D eigenvalue weighted by Gasteiger charge is 2.16. The maximum absolute atomic E-state index is 11.2. The fourth-order valence-corrected chi connectivity index (χ4v) is 1.38. The monoisotopic (exact) mass is 271 g/mol. The highest BCUT2D eigenvalue weighted by molar-refractivity contribution is 9.10. The molecule has 0 amide bonds. The summed E-state index contributed by atoms with van der Waals surface area (Å²) < 4.78 is 5.35. The first-order valence-electron chi connectivity index (χ1n) is 4.30. The van der Waals surface area contributed by atoms with Gasteiger partial charge in [-0.15, -0.1) is 0 Å². The molecule has 0 saturated heterocycles. The van der Waals surface area contributed by atoms with Crippen LogP contribution in [0.4, 0.5) is 0 Å². The van der Waals surface area contributed by atoms with Crippen LogP contribution in [0, 0.1) is 5.41 Å². The number of hydrogen-bond acceptors (Lipinski definition) is 4. The van der Waals surface area contributed by atoms with Crippen molar-refractivity contribution in [3.8, 4) is 5.75 Å². The Morgan fingerprint density at radius 3 is 2.87 bits per heavy atom. The fourth-order valence-electron chi connectivity index (χ4n) is 1.02. The van der Waals surface area contributed by atoms with E-state index in [1.807, 2.05) is 0 Å². The molecule has 0 fully saturated rings. The number of rotatable bonds is 3. The molecule has 15 heavy (non-hydrogen) atoms. The van der Waals surface area contributed by atoms with Crippen molar-refractivity contribution in [1.82, 2.24) is 0 Å². The minimum Gasteiger partial charge on any atom is -0.507 e. The van der Waals surface area contributed by atoms with Crippen molar-refractivity contribution in [3.05, 3.63) is 28.2 Å². The van der Waals surface area contributed by atoms with Crippen molar-refractivity contribution in [3.63, 3.8) is 0 Å². The Morgan fingerprint density at radius 1 is 1.60 bits per heavy atom. The van der Waals surface area contributed by atoms with E-state index < -0.39 is 5.97 Å². The van der Waals surface area contributed by atoms with Crippen LogP contribution in [0.15, 0.2) is 22.7 Å². The molecule has 1 rings (SSSR count). The van der Waals surface area contributed by atoms with Gasteiger partial charge >= 0.3 is 5.97 Å². The van der Waals surface area contributed by atoms with E-state index in [4.69, 9.17) is 5.41 Å². The number of nitrogens with one attached hydrogen (secondary N) is 1. The molecule has 2 N–H and O–H groups in total. The third-order valence-electron chi connectivity index (χ3n) is 1.71. The average molecular weight is 272 g/mol. The van der Waals surface area contributed by atoms with Crippen LogP contribution in [-0.2, 0) is 9.53 Å². The third-order valence-corrected chi connectivity index (χ3v) is 2.20. The van der Waals surface area contributed by atoms with E-state index in [1.54, 1.807) is 13.0 Å². The van der Waals surface area contributed by atoms with E-state index >= 15 is 0 Å². The molecule has 0 bridgehead atoms. The van der Waals surface area contributed by atoms with Gasteiger partial charge in [0.05, 0.1) is 6.61 Å². The van der Waals surface area contributed by atoms with Crippen LogP contribution in [0.25, 0.3) is 0 Å². The standard InChI is InChI=1S/C10H10BrNO3/c1-2-15-10(14)9(12)7-5-6(11)3-4-8(7)13/h3-5,12-13H,2H2,1H3. The molecular formula is C10H10BrNO3. The molecule has 0 heterocycles. The summed E-state index contributed by atoms with van der Waals surface area (Å²) in [5, 5.41) is 17.0. The zero-order valence-corrected chi connectivity index (χ0v) is 9.67. The van der Waals surface area contributed by atoms with Crippen LogP contribution >= 0.6 is 15.9 Å². The molecule has 0 atom stereocenters. The summed E-state index contributed by atoms with van der Waals surface area (Å²) in [6, 6.07) is 4.53. The first-order valence-corrected chi connectivity index (χ1v) is 5.10. The van der Waals surface area contributed by atoms with Gasteiger partial charge in [0.2, 0.25) is 0 Å². The molecule has 0 aromatic heterocycles. The topological polar surface area (TPSA) is 70.4 Å². The molecule has 0 saturated carbocycles. The molecule has 1 aromatic carbocycles. The molecule has 0 aliphatic rings. The van der Waals surface area contributed by atoms with Gasteiger partial charge in [0.1, 0.15) is 5.75 Å². The number of esters is 1. The molecule has 0 aliphatic carbocycles. The second-order valence-electron chi connectivity index (χ2n) is 2.76. The number of benzene rings is 1. The second-order valence-corrected chi connectivity index (χ2v) is 3.67. The Bertz CT molecular complexity index is 404. The number of phenols is 1. The number of hydrogen-bond donors (Lipinski definition) is 2. The maximum Gasteiger partial charge on any atom is 0.356 e. The van der Waals surface area contributed by atoms with Gasteiger partial charge in [-0.1, -0.05) is 15.9 Å². The van der Waals surface area contributed by atoms with Crippen LogP contribution in [0.5, 0.6) is 5.75 Å². The summed E-state index contributed by atoms with van der Waals surface area (Å²) in [6.45, 7) is 1.86. The number of ether oxygens (including phenoxy) is 1. The summed E-state index contributed by atoms with van der Waals surface area (Å²) in [7, 11) is 0. The molecule has 0 aliphatic heterocycles. The van der Waals surface area contributed by atoms with Gasteiger partial charge in [-0.2, -0.15) is 0 Å². The number of carbonyl (C=O) groups is 1. The fraction of sp³-hybridized carbons (Fsp3) is 0.200. The van der Waals surface area contributed by atoms with E-state index in [0.717, 1.165) is 0 Å². The van der Waals surface area contributed by atoms with Crippen molar-refractivity contribution in [2.75, 3.05) is 6.61 Å². The lowest BCUT2D eigenvalue weighted by atomic mass is 10.1. The van der Waals surface area contributed by atoms with E-state index in [0.29, 0.717) is 4.47 Å². The van der Waals surface area contributed by atoms with Crippen molar-refractivity contribution >= 4 is 27.6 Å². The van der Waals surface area contributed by atoms with Crippen LogP contribution in [0.2, 0.25) is 0 Å². The van der Waals surface area contributed by atoms with Crippen LogP contribution in [-0.4, -0.2) is 23.4 Å². The largest absolute Gasteiger partial charge is 0.507 e. The minimum atomic E-state index is -0.745. The predicted molar refractivity (Wildman–Crippen MR) is 59.3 cm³/mol.